The number of tetrazole rings is 1. The van der Waals surface area contributed by atoms with Gasteiger partial charge in [-0.05, 0) is 19.3 Å². The van der Waals surface area contributed by atoms with Crippen molar-refractivity contribution < 1.29 is 19.8 Å². The number of carboxylic acids is 1. The maximum Gasteiger partial charge on any atom is 0.407 e. The zero-order valence-electron chi connectivity index (χ0n) is 10.4. The molecule has 1 fully saturated rings. The van der Waals surface area contributed by atoms with E-state index in [-0.39, 0.29) is 18.8 Å². The van der Waals surface area contributed by atoms with Gasteiger partial charge in [0, 0.05) is 6.54 Å². The molecule has 0 bridgehead atoms. The van der Waals surface area contributed by atoms with Gasteiger partial charge in [-0.2, -0.15) is 5.21 Å². The number of carbonyl (C=O) groups is 2. The number of hydrogen-bond donors (Lipinski definition) is 3. The van der Waals surface area contributed by atoms with Crippen LogP contribution in [-0.4, -0.2) is 54.3 Å². The molecule has 1 amide bonds. The number of rotatable bonds is 3. The number of H-pyrrole nitrogens is 1. The number of aliphatic carboxylic acids is 1. The maximum atomic E-state index is 11.5. The van der Waals surface area contributed by atoms with E-state index in [0.29, 0.717) is 12.8 Å². The molecule has 0 aromatic carbocycles. The van der Waals surface area contributed by atoms with E-state index in [4.69, 9.17) is 0 Å². The van der Waals surface area contributed by atoms with E-state index in [1.54, 1.807) is 6.92 Å². The first-order valence-electron chi connectivity index (χ1n) is 5.96. The Hall–Kier alpha value is -2.19. The maximum absolute atomic E-state index is 11.5. The number of piperidine rings is 1. The first-order chi connectivity index (χ1) is 9.00. The van der Waals surface area contributed by atoms with Crippen molar-refractivity contribution in [2.45, 2.75) is 32.2 Å². The molecule has 2 heterocycles. The molecular formula is C10H15N5O4. The van der Waals surface area contributed by atoms with Crippen LogP contribution in [-0.2, 0) is 4.79 Å². The SMILES string of the molecule is CCC1(C(=O)O)CCN(C(=O)O)C(c2nn[nH]n2)C1. The highest BCUT2D eigenvalue weighted by molar-refractivity contribution is 5.75. The minimum Gasteiger partial charge on any atom is -0.481 e. The van der Waals surface area contributed by atoms with Crippen LogP contribution in [0.1, 0.15) is 38.1 Å². The van der Waals surface area contributed by atoms with Gasteiger partial charge in [-0.1, -0.05) is 12.1 Å². The molecule has 19 heavy (non-hydrogen) atoms. The number of hydrogen-bond acceptors (Lipinski definition) is 5. The van der Waals surface area contributed by atoms with Crippen LogP contribution >= 0.6 is 0 Å². The predicted molar refractivity (Wildman–Crippen MR) is 61.2 cm³/mol. The smallest absolute Gasteiger partial charge is 0.407 e. The Morgan fingerprint density at radius 2 is 2.26 bits per heavy atom. The molecule has 0 radical (unpaired) electrons. The predicted octanol–water partition coefficient (Wildman–Crippen LogP) is 0.496. The average molecular weight is 269 g/mol. The number of aromatic nitrogens is 4. The lowest BCUT2D eigenvalue weighted by molar-refractivity contribution is -0.153. The van der Waals surface area contributed by atoms with Gasteiger partial charge in [0.05, 0.1) is 5.41 Å². The van der Waals surface area contributed by atoms with E-state index in [2.05, 4.69) is 20.6 Å². The van der Waals surface area contributed by atoms with E-state index in [1.165, 1.54) is 4.90 Å². The Balaban J connectivity index is 2.33. The molecule has 1 aromatic rings. The molecule has 0 spiro atoms. The van der Waals surface area contributed by atoms with Gasteiger partial charge < -0.3 is 10.2 Å². The molecule has 2 rings (SSSR count). The summed E-state index contributed by atoms with van der Waals surface area (Å²) < 4.78 is 0. The summed E-state index contributed by atoms with van der Waals surface area (Å²) in [6.07, 6.45) is -0.223. The summed E-state index contributed by atoms with van der Waals surface area (Å²) >= 11 is 0. The second-order valence-corrected chi connectivity index (χ2v) is 4.65. The third-order valence-corrected chi connectivity index (χ3v) is 3.83. The van der Waals surface area contributed by atoms with Crippen molar-refractivity contribution in [2.75, 3.05) is 6.54 Å². The lowest BCUT2D eigenvalue weighted by Gasteiger charge is -2.41. The van der Waals surface area contributed by atoms with Crippen LogP contribution in [0.4, 0.5) is 4.79 Å². The van der Waals surface area contributed by atoms with E-state index in [0.717, 1.165) is 0 Å². The highest BCUT2D eigenvalue weighted by atomic mass is 16.4. The van der Waals surface area contributed by atoms with Gasteiger partial charge >= 0.3 is 12.1 Å². The van der Waals surface area contributed by atoms with Crippen LogP contribution in [0.5, 0.6) is 0 Å². The molecule has 3 N–H and O–H groups in total. The molecule has 104 valence electrons. The number of carboxylic acid groups (broad SMARTS) is 2. The molecule has 0 saturated carbocycles. The second kappa shape index (κ2) is 4.82. The molecule has 9 nitrogen and oxygen atoms in total. The summed E-state index contributed by atoms with van der Waals surface area (Å²) in [7, 11) is 0. The summed E-state index contributed by atoms with van der Waals surface area (Å²) in [5.41, 5.74) is -0.933. The first kappa shape index (κ1) is 13.2. The molecule has 1 aliphatic heterocycles. The molecule has 1 aromatic heterocycles. The molecular weight excluding hydrogens is 254 g/mol. The number of likely N-dealkylation sites (tertiary alicyclic amines) is 1. The third kappa shape index (κ3) is 2.23. The van der Waals surface area contributed by atoms with Crippen LogP contribution in [0.2, 0.25) is 0 Å². The monoisotopic (exact) mass is 269 g/mol. The van der Waals surface area contributed by atoms with Crippen LogP contribution in [0, 0.1) is 5.41 Å². The Morgan fingerprint density at radius 1 is 1.53 bits per heavy atom. The zero-order valence-corrected chi connectivity index (χ0v) is 10.4. The summed E-state index contributed by atoms with van der Waals surface area (Å²) in [4.78, 5) is 23.9. The van der Waals surface area contributed by atoms with Gasteiger partial charge in [-0.3, -0.25) is 9.69 Å². The molecule has 9 heteroatoms. The highest BCUT2D eigenvalue weighted by Crippen LogP contribution is 2.43. The Labute approximate surface area is 108 Å². The van der Waals surface area contributed by atoms with Crippen molar-refractivity contribution in [1.29, 1.82) is 0 Å². The van der Waals surface area contributed by atoms with Gasteiger partial charge in [0.25, 0.3) is 0 Å². The topological polar surface area (TPSA) is 132 Å². The Kier molecular flexibility index (Phi) is 3.36. The third-order valence-electron chi connectivity index (χ3n) is 3.83. The number of aromatic amines is 1. The molecule has 2 unspecified atom stereocenters. The lowest BCUT2D eigenvalue weighted by atomic mass is 9.73. The van der Waals surface area contributed by atoms with Crippen molar-refractivity contribution in [1.82, 2.24) is 25.5 Å². The van der Waals surface area contributed by atoms with Crippen LogP contribution in [0.25, 0.3) is 0 Å². The summed E-state index contributed by atoms with van der Waals surface area (Å²) in [5.74, 6) is -0.699. The number of amides is 1. The summed E-state index contributed by atoms with van der Waals surface area (Å²) in [6.45, 7) is 1.94. The average Bonchev–Trinajstić information content (AvgIpc) is 2.91. The summed E-state index contributed by atoms with van der Waals surface area (Å²) in [6, 6.07) is -0.680. The summed E-state index contributed by atoms with van der Waals surface area (Å²) in [5, 5.41) is 31.8. The fourth-order valence-corrected chi connectivity index (χ4v) is 2.51. The van der Waals surface area contributed by atoms with E-state index >= 15 is 0 Å². The standard InChI is InChI=1S/C10H15N5O4/c1-2-10(8(16)17)3-4-15(9(18)19)6(5-10)7-11-13-14-12-7/h6H,2-5H2,1H3,(H,16,17)(H,18,19)(H,11,12,13,14). The van der Waals surface area contributed by atoms with Gasteiger partial charge in [0.1, 0.15) is 6.04 Å². The van der Waals surface area contributed by atoms with E-state index in [1.807, 2.05) is 0 Å². The van der Waals surface area contributed by atoms with Crippen molar-refractivity contribution in [3.8, 4) is 0 Å². The largest absolute Gasteiger partial charge is 0.481 e. The van der Waals surface area contributed by atoms with E-state index < -0.39 is 23.5 Å². The zero-order chi connectivity index (χ0) is 14.0. The van der Waals surface area contributed by atoms with E-state index in [9.17, 15) is 19.8 Å². The van der Waals surface area contributed by atoms with Crippen molar-refractivity contribution in [3.63, 3.8) is 0 Å². The fraction of sp³-hybridized carbons (Fsp3) is 0.700. The molecule has 1 saturated heterocycles. The minimum absolute atomic E-state index is 0.147. The van der Waals surface area contributed by atoms with Gasteiger partial charge in [0.2, 0.25) is 0 Å². The number of nitrogens with one attached hydrogen (secondary N) is 1. The van der Waals surface area contributed by atoms with Crippen LogP contribution in [0.15, 0.2) is 0 Å². The van der Waals surface area contributed by atoms with Gasteiger partial charge in [-0.25, -0.2) is 4.79 Å². The molecule has 1 aliphatic rings. The normalized spacial score (nSPS) is 27.2. The fourth-order valence-electron chi connectivity index (χ4n) is 2.51. The van der Waals surface area contributed by atoms with Crippen molar-refractivity contribution in [3.05, 3.63) is 5.82 Å². The highest BCUT2D eigenvalue weighted by Gasteiger charge is 2.47. The van der Waals surface area contributed by atoms with Gasteiger partial charge in [0.15, 0.2) is 5.82 Å². The minimum atomic E-state index is -1.11. The van der Waals surface area contributed by atoms with Crippen molar-refractivity contribution in [2.24, 2.45) is 5.41 Å². The Morgan fingerprint density at radius 3 is 2.74 bits per heavy atom. The lowest BCUT2D eigenvalue weighted by Crippen LogP contribution is -2.48. The Bertz CT molecular complexity index is 476. The second-order valence-electron chi connectivity index (χ2n) is 4.65. The first-order valence-corrected chi connectivity index (χ1v) is 5.96. The molecule has 2 atom stereocenters. The van der Waals surface area contributed by atoms with Crippen molar-refractivity contribution >= 4 is 12.1 Å². The van der Waals surface area contributed by atoms with Crippen LogP contribution < -0.4 is 0 Å². The quantitative estimate of drug-likeness (QED) is 0.727. The van der Waals surface area contributed by atoms with Gasteiger partial charge in [-0.15, -0.1) is 10.2 Å². The number of nitrogens with zero attached hydrogens (tertiary/aromatic N) is 4. The van der Waals surface area contributed by atoms with Crippen LogP contribution in [0.3, 0.4) is 0 Å². The molecule has 0 aliphatic carbocycles.